The maximum absolute atomic E-state index is 10.4. The fourth-order valence-electron chi connectivity index (χ4n) is 2.23. The summed E-state index contributed by atoms with van der Waals surface area (Å²) in [5.74, 6) is 0.969. The summed E-state index contributed by atoms with van der Waals surface area (Å²) in [5.41, 5.74) is 0. The first-order valence-corrected chi connectivity index (χ1v) is 7.90. The average Bonchev–Trinajstić information content (AvgIpc) is 2.99. The first-order chi connectivity index (χ1) is 11.3. The van der Waals surface area contributed by atoms with Gasteiger partial charge in [-0.3, -0.25) is 4.79 Å². The zero-order chi connectivity index (χ0) is 16.3. The van der Waals surface area contributed by atoms with E-state index in [0.29, 0.717) is 13.0 Å². The normalized spacial score (nSPS) is 10.6. The number of ether oxygens (including phenoxy) is 1. The predicted octanol–water partition coefficient (Wildman–Crippen LogP) is 2.33. The van der Waals surface area contributed by atoms with E-state index in [1.54, 1.807) is 4.68 Å². The Morgan fingerprint density at radius 2 is 1.96 bits per heavy atom. The molecular weight excluding hydrogens is 296 g/mol. The summed E-state index contributed by atoms with van der Waals surface area (Å²) in [6.45, 7) is 1.34. The lowest BCUT2D eigenvalue weighted by Crippen LogP contribution is -2.08. The molecule has 1 aromatic heterocycles. The number of hydrogen-bond donors (Lipinski definition) is 1. The van der Waals surface area contributed by atoms with Crippen LogP contribution in [0.4, 0.5) is 0 Å². The number of rotatable bonds is 11. The van der Waals surface area contributed by atoms with Crippen LogP contribution in [0.1, 0.15) is 37.9 Å². The summed E-state index contributed by atoms with van der Waals surface area (Å²) in [7, 11) is 0. The molecule has 0 saturated carbocycles. The van der Waals surface area contributed by atoms with Gasteiger partial charge in [-0.25, -0.2) is 4.68 Å². The molecule has 0 fully saturated rings. The molecule has 1 aromatic carbocycles. The summed E-state index contributed by atoms with van der Waals surface area (Å²) in [6.07, 6.45) is 4.26. The highest BCUT2D eigenvalue weighted by molar-refractivity contribution is 5.66. The Kier molecular flexibility index (Phi) is 7.03. The van der Waals surface area contributed by atoms with E-state index in [4.69, 9.17) is 9.84 Å². The van der Waals surface area contributed by atoms with Crippen molar-refractivity contribution >= 4 is 5.97 Å². The summed E-state index contributed by atoms with van der Waals surface area (Å²) in [6, 6.07) is 9.71. The molecule has 0 saturated heterocycles. The SMILES string of the molecule is O=C(O)CCCCCn1nnnc1CCCOc1ccccc1. The molecule has 7 nitrogen and oxygen atoms in total. The summed E-state index contributed by atoms with van der Waals surface area (Å²) in [5, 5.41) is 20.3. The Balaban J connectivity index is 1.64. The van der Waals surface area contributed by atoms with Gasteiger partial charge in [0.25, 0.3) is 0 Å². The van der Waals surface area contributed by atoms with Gasteiger partial charge in [0.15, 0.2) is 5.82 Å². The maximum Gasteiger partial charge on any atom is 0.303 e. The lowest BCUT2D eigenvalue weighted by molar-refractivity contribution is -0.137. The van der Waals surface area contributed by atoms with Crippen LogP contribution in [-0.4, -0.2) is 37.9 Å². The molecule has 1 N–H and O–H groups in total. The van der Waals surface area contributed by atoms with Gasteiger partial charge in [0.1, 0.15) is 5.75 Å². The second-order valence-corrected chi connectivity index (χ2v) is 5.29. The fraction of sp³-hybridized carbons (Fsp3) is 0.500. The van der Waals surface area contributed by atoms with E-state index in [0.717, 1.165) is 43.8 Å². The average molecular weight is 318 g/mol. The van der Waals surface area contributed by atoms with E-state index in [1.807, 2.05) is 30.3 Å². The van der Waals surface area contributed by atoms with Crippen molar-refractivity contribution in [3.05, 3.63) is 36.2 Å². The van der Waals surface area contributed by atoms with Crippen molar-refractivity contribution in [2.45, 2.75) is 45.1 Å². The third-order valence-corrected chi connectivity index (χ3v) is 3.42. The number of aryl methyl sites for hydroxylation is 2. The van der Waals surface area contributed by atoms with Crippen LogP contribution in [0, 0.1) is 0 Å². The smallest absolute Gasteiger partial charge is 0.303 e. The molecule has 0 atom stereocenters. The predicted molar refractivity (Wildman–Crippen MR) is 84.2 cm³/mol. The third-order valence-electron chi connectivity index (χ3n) is 3.42. The molecule has 0 aliphatic heterocycles. The zero-order valence-electron chi connectivity index (χ0n) is 13.1. The summed E-state index contributed by atoms with van der Waals surface area (Å²) < 4.78 is 7.44. The molecule has 1 heterocycles. The highest BCUT2D eigenvalue weighted by atomic mass is 16.5. The highest BCUT2D eigenvalue weighted by Crippen LogP contribution is 2.09. The molecule has 0 aliphatic carbocycles. The minimum absolute atomic E-state index is 0.222. The van der Waals surface area contributed by atoms with E-state index in [-0.39, 0.29) is 6.42 Å². The van der Waals surface area contributed by atoms with Gasteiger partial charge in [0.2, 0.25) is 0 Å². The lowest BCUT2D eigenvalue weighted by Gasteiger charge is -2.06. The number of carboxylic acid groups (broad SMARTS) is 1. The fourth-order valence-corrected chi connectivity index (χ4v) is 2.23. The van der Waals surface area contributed by atoms with E-state index < -0.39 is 5.97 Å². The Labute approximate surface area is 135 Å². The number of tetrazole rings is 1. The minimum atomic E-state index is -0.744. The topological polar surface area (TPSA) is 90.1 Å². The molecule has 124 valence electrons. The van der Waals surface area contributed by atoms with Crippen LogP contribution in [-0.2, 0) is 17.8 Å². The molecule has 0 aliphatic rings. The number of nitrogens with zero attached hydrogens (tertiary/aromatic N) is 4. The van der Waals surface area contributed by atoms with Crippen LogP contribution >= 0.6 is 0 Å². The summed E-state index contributed by atoms with van der Waals surface area (Å²) in [4.78, 5) is 10.4. The first kappa shape index (κ1) is 16.9. The second kappa shape index (κ2) is 9.55. The Morgan fingerprint density at radius 1 is 1.13 bits per heavy atom. The number of benzene rings is 1. The van der Waals surface area contributed by atoms with Gasteiger partial charge in [-0.2, -0.15) is 0 Å². The Bertz CT molecular complexity index is 586. The number of aromatic nitrogens is 4. The lowest BCUT2D eigenvalue weighted by atomic mass is 10.2. The molecule has 0 spiro atoms. The van der Waals surface area contributed by atoms with Crippen LogP contribution in [0.25, 0.3) is 0 Å². The van der Waals surface area contributed by atoms with E-state index in [1.165, 1.54) is 0 Å². The van der Waals surface area contributed by atoms with Crippen LogP contribution in [0.2, 0.25) is 0 Å². The first-order valence-electron chi connectivity index (χ1n) is 7.90. The molecule has 2 aromatic rings. The van der Waals surface area contributed by atoms with Crippen molar-refractivity contribution < 1.29 is 14.6 Å². The van der Waals surface area contributed by atoms with E-state index in [2.05, 4.69) is 15.5 Å². The molecule has 0 amide bonds. The zero-order valence-corrected chi connectivity index (χ0v) is 13.1. The molecule has 0 radical (unpaired) electrons. The van der Waals surface area contributed by atoms with Gasteiger partial charge in [-0.15, -0.1) is 5.10 Å². The second-order valence-electron chi connectivity index (χ2n) is 5.29. The number of unbranched alkanes of at least 4 members (excludes halogenated alkanes) is 2. The molecule has 7 heteroatoms. The number of aliphatic carboxylic acids is 1. The molecule has 0 unspecified atom stereocenters. The van der Waals surface area contributed by atoms with Gasteiger partial charge in [-0.05, 0) is 41.8 Å². The number of carbonyl (C=O) groups is 1. The summed E-state index contributed by atoms with van der Waals surface area (Å²) >= 11 is 0. The van der Waals surface area contributed by atoms with Gasteiger partial charge in [0.05, 0.1) is 6.61 Å². The van der Waals surface area contributed by atoms with Crippen LogP contribution < -0.4 is 4.74 Å². The van der Waals surface area contributed by atoms with Crippen molar-refractivity contribution in [2.75, 3.05) is 6.61 Å². The Morgan fingerprint density at radius 3 is 2.74 bits per heavy atom. The van der Waals surface area contributed by atoms with Crippen LogP contribution in [0.5, 0.6) is 5.75 Å². The quantitative estimate of drug-likeness (QED) is 0.640. The van der Waals surface area contributed by atoms with Gasteiger partial charge < -0.3 is 9.84 Å². The van der Waals surface area contributed by atoms with Crippen molar-refractivity contribution in [3.8, 4) is 5.75 Å². The minimum Gasteiger partial charge on any atom is -0.494 e. The van der Waals surface area contributed by atoms with Crippen molar-refractivity contribution in [1.82, 2.24) is 20.2 Å². The number of hydrogen-bond acceptors (Lipinski definition) is 5. The third kappa shape index (κ3) is 6.46. The molecule has 23 heavy (non-hydrogen) atoms. The monoisotopic (exact) mass is 318 g/mol. The molecular formula is C16H22N4O3. The van der Waals surface area contributed by atoms with Crippen molar-refractivity contribution in [3.63, 3.8) is 0 Å². The van der Waals surface area contributed by atoms with E-state index in [9.17, 15) is 4.79 Å². The van der Waals surface area contributed by atoms with E-state index >= 15 is 0 Å². The molecule has 0 bridgehead atoms. The standard InChI is InChI=1S/C16H22N4O3/c21-16(22)11-5-2-6-12-20-15(17-18-19-20)10-7-13-23-14-8-3-1-4-9-14/h1,3-4,8-9H,2,5-7,10-13H2,(H,21,22). The van der Waals surface area contributed by atoms with Crippen molar-refractivity contribution in [1.29, 1.82) is 0 Å². The maximum atomic E-state index is 10.4. The van der Waals surface area contributed by atoms with Gasteiger partial charge in [-0.1, -0.05) is 24.6 Å². The molecule has 2 rings (SSSR count). The van der Waals surface area contributed by atoms with Crippen LogP contribution in [0.3, 0.4) is 0 Å². The number of carboxylic acids is 1. The Hall–Kier alpha value is -2.44. The van der Waals surface area contributed by atoms with Gasteiger partial charge >= 0.3 is 5.97 Å². The largest absolute Gasteiger partial charge is 0.494 e. The number of para-hydroxylation sites is 1. The highest BCUT2D eigenvalue weighted by Gasteiger charge is 2.06. The van der Waals surface area contributed by atoms with Crippen LogP contribution in [0.15, 0.2) is 30.3 Å². The van der Waals surface area contributed by atoms with Gasteiger partial charge in [0, 0.05) is 19.4 Å². The van der Waals surface area contributed by atoms with Crippen molar-refractivity contribution in [2.24, 2.45) is 0 Å².